The number of halogens is 4. The van der Waals surface area contributed by atoms with Crippen LogP contribution in [0.4, 0.5) is 0 Å². The minimum Gasteiger partial charge on any atom is -0.496 e. The molecule has 0 saturated carbocycles. The molecule has 4 nitrogen and oxygen atoms in total. The van der Waals surface area contributed by atoms with Crippen molar-refractivity contribution in [2.24, 2.45) is 0 Å². The van der Waals surface area contributed by atoms with Gasteiger partial charge in [0.15, 0.2) is 0 Å². The molecule has 0 atom stereocenters. The first-order chi connectivity index (χ1) is 43.2. The van der Waals surface area contributed by atoms with Gasteiger partial charge in [0, 0.05) is 32.3 Å². The number of ether oxygens (including phenoxy) is 4. The van der Waals surface area contributed by atoms with E-state index < -0.39 is 31.7 Å². The lowest BCUT2D eigenvalue weighted by atomic mass is 10.0. The lowest BCUT2D eigenvalue weighted by Crippen LogP contribution is -2.26. The Morgan fingerprint density at radius 1 is 0.227 bits per heavy atom. The molecule has 0 aliphatic heterocycles. The molecule has 0 N–H and O–H groups in total. The van der Waals surface area contributed by atoms with Crippen molar-refractivity contribution in [3.63, 3.8) is 0 Å². The zero-order valence-electron chi connectivity index (χ0n) is 48.6. The fourth-order valence-electron chi connectivity index (χ4n) is 11.0. The van der Waals surface area contributed by atoms with Gasteiger partial charge in [0.1, 0.15) is 23.0 Å². The average molecular weight is 1300 g/mol. The van der Waals surface area contributed by atoms with Crippen LogP contribution in [0.1, 0.15) is 0 Å². The van der Waals surface area contributed by atoms with Crippen LogP contribution in [0.25, 0.3) is 22.3 Å². The summed E-state index contributed by atoms with van der Waals surface area (Å²) in [7, 11) is 2.63. The Hall–Kier alpha value is -7.28. The molecule has 0 aliphatic rings. The van der Waals surface area contributed by atoms with E-state index in [1.54, 1.807) is 28.4 Å². The third kappa shape index (κ3) is 13.6. The number of rotatable bonds is 18. The van der Waals surface area contributed by atoms with Gasteiger partial charge in [0.25, 0.3) is 0 Å². The SMILES string of the molecule is COc1c(Cl)ccc(P(c2ccccc2)c2ccccc2)c1-c1c(P(c2ccccc2)c2ccccc2)ccc(Cl)c1OC.COc1cc(Cl)cc(P(c2ccccc2)c2ccccc2)c1-c1c(OC)cc(Cl)cc1P(c1ccccc1)c1ccccc1. The predicted molar refractivity (Wildman–Crippen MR) is 385 cm³/mol. The maximum atomic E-state index is 6.96. The molecule has 0 radical (unpaired) electrons. The Balaban J connectivity index is 0.000000182. The van der Waals surface area contributed by atoms with E-state index in [0.717, 1.165) is 43.5 Å². The van der Waals surface area contributed by atoms with Crippen molar-refractivity contribution in [1.82, 2.24) is 0 Å². The second-order valence-corrected chi connectivity index (χ2v) is 30.4. The summed E-state index contributed by atoms with van der Waals surface area (Å²) < 4.78 is 24.7. The van der Waals surface area contributed by atoms with E-state index in [1.165, 1.54) is 42.4 Å². The summed E-state index contributed by atoms with van der Waals surface area (Å²) in [5, 5.41) is 16.4. The molecule has 0 amide bonds. The van der Waals surface area contributed by atoms with Crippen molar-refractivity contribution >= 4 is 142 Å². The van der Waals surface area contributed by atoms with E-state index in [-0.39, 0.29) is 0 Å². The molecular weight excluding hydrogens is 1240 g/mol. The van der Waals surface area contributed by atoms with Gasteiger partial charge in [-0.1, -0.05) is 301 Å². The van der Waals surface area contributed by atoms with Crippen LogP contribution in [0, 0.1) is 0 Å². The summed E-state index contributed by atoms with van der Waals surface area (Å²) in [5.41, 5.74) is 3.71. The van der Waals surface area contributed by atoms with E-state index in [0.29, 0.717) is 43.1 Å². The Labute approximate surface area is 541 Å². The Morgan fingerprint density at radius 3 is 0.648 bits per heavy atom. The zero-order valence-corrected chi connectivity index (χ0v) is 55.2. The Kier molecular flexibility index (Phi) is 21.1. The van der Waals surface area contributed by atoms with Crippen LogP contribution < -0.4 is 82.6 Å². The highest BCUT2D eigenvalue weighted by Crippen LogP contribution is 2.52. The maximum Gasteiger partial charge on any atom is 0.146 e. The zero-order chi connectivity index (χ0) is 60.9. The lowest BCUT2D eigenvalue weighted by molar-refractivity contribution is 0.411. The minimum atomic E-state index is -1.04. The van der Waals surface area contributed by atoms with Gasteiger partial charge >= 0.3 is 0 Å². The standard InChI is InChI=1S/2C38H30Cl2O2P2/c1-41-33-23-27(39)25-35(43(29-15-7-3-8-16-29)30-17-9-4-10-18-30)37(33)38-34(42-2)24-28(40)26-36(38)44(31-19-11-5-12-20-31)32-21-13-6-14-22-32;1-41-37-31(39)23-25-33(43(27-15-7-3-8-16-27)28-17-9-4-10-18-28)35(37)36-34(26-24-32(40)38(36)42-2)44(29-19-11-5-12-20-29)30-21-13-6-14-22-30/h2*3-26H,1-2H3. The van der Waals surface area contributed by atoms with Crippen LogP contribution in [0.3, 0.4) is 0 Å². The first-order valence-corrected chi connectivity index (χ1v) is 35.2. The van der Waals surface area contributed by atoms with E-state index in [9.17, 15) is 0 Å². The summed E-state index contributed by atoms with van der Waals surface area (Å²) in [6, 6.07) is 101. The van der Waals surface area contributed by atoms with Gasteiger partial charge in [-0.25, -0.2) is 0 Å². The van der Waals surface area contributed by atoms with Gasteiger partial charge in [-0.3, -0.25) is 0 Å². The van der Waals surface area contributed by atoms with Crippen LogP contribution >= 0.6 is 78.1 Å². The van der Waals surface area contributed by atoms with Gasteiger partial charge < -0.3 is 18.9 Å². The highest BCUT2D eigenvalue weighted by atomic mass is 35.5. The van der Waals surface area contributed by atoms with E-state index in [1.807, 2.05) is 24.3 Å². The maximum absolute atomic E-state index is 6.96. The summed E-state index contributed by atoms with van der Waals surface area (Å²) in [6.45, 7) is 0. The summed E-state index contributed by atoms with van der Waals surface area (Å²) in [4.78, 5) is 0. The number of hydrogen-bond donors (Lipinski definition) is 0. The van der Waals surface area contributed by atoms with Crippen molar-refractivity contribution in [3.05, 3.63) is 311 Å². The molecular formula is C76H60Cl4O4P4. The topological polar surface area (TPSA) is 36.9 Å². The van der Waals surface area contributed by atoms with Crippen LogP contribution in [-0.2, 0) is 0 Å². The quantitative estimate of drug-likeness (QED) is 0.0803. The highest BCUT2D eigenvalue weighted by molar-refractivity contribution is 7.81. The minimum absolute atomic E-state index is 0.527. The van der Waals surface area contributed by atoms with Crippen molar-refractivity contribution in [3.8, 4) is 45.3 Å². The average Bonchev–Trinajstić information content (AvgIpc) is 0.884. The van der Waals surface area contributed by atoms with Gasteiger partial charge in [-0.2, -0.15) is 0 Å². The predicted octanol–water partition coefficient (Wildman–Crippen LogP) is 16.4. The molecule has 12 heteroatoms. The Morgan fingerprint density at radius 2 is 0.443 bits per heavy atom. The smallest absolute Gasteiger partial charge is 0.146 e. The molecule has 12 aromatic carbocycles. The molecule has 0 bridgehead atoms. The second-order valence-electron chi connectivity index (χ2n) is 20.0. The van der Waals surface area contributed by atoms with Gasteiger partial charge in [-0.15, -0.1) is 0 Å². The molecule has 88 heavy (non-hydrogen) atoms. The monoisotopic (exact) mass is 1300 g/mol. The fraction of sp³-hybridized carbons (Fsp3) is 0.0526. The summed E-state index contributed by atoms with van der Waals surface area (Å²) >= 11 is 27.7. The molecule has 0 fully saturated rings. The molecule has 0 aromatic heterocycles. The molecule has 436 valence electrons. The normalized spacial score (nSPS) is 11.1. The van der Waals surface area contributed by atoms with Crippen LogP contribution in [0.5, 0.6) is 23.0 Å². The van der Waals surface area contributed by atoms with Crippen LogP contribution in [-0.4, -0.2) is 28.4 Å². The number of benzene rings is 12. The van der Waals surface area contributed by atoms with E-state index >= 15 is 0 Å². The van der Waals surface area contributed by atoms with Crippen molar-refractivity contribution in [1.29, 1.82) is 0 Å². The van der Waals surface area contributed by atoms with Crippen LogP contribution in [0.2, 0.25) is 20.1 Å². The molecule has 12 rings (SSSR count). The molecule has 0 saturated heterocycles. The first kappa shape index (κ1) is 62.3. The molecule has 0 heterocycles. The molecule has 0 unspecified atom stereocenters. The van der Waals surface area contributed by atoms with E-state index in [4.69, 9.17) is 65.4 Å². The van der Waals surface area contributed by atoms with Gasteiger partial charge in [-0.05, 0) is 132 Å². The van der Waals surface area contributed by atoms with E-state index in [2.05, 4.69) is 267 Å². The van der Waals surface area contributed by atoms with Crippen LogP contribution in [0.15, 0.2) is 291 Å². The highest BCUT2D eigenvalue weighted by Gasteiger charge is 2.34. The summed E-state index contributed by atoms with van der Waals surface area (Å²) in [6.07, 6.45) is 0. The van der Waals surface area contributed by atoms with Gasteiger partial charge in [0.05, 0.1) is 38.5 Å². The van der Waals surface area contributed by atoms with Crippen molar-refractivity contribution < 1.29 is 18.9 Å². The Bertz CT molecular complexity index is 3820. The molecule has 0 aliphatic carbocycles. The number of methoxy groups -OCH3 is 4. The number of hydrogen-bond acceptors (Lipinski definition) is 4. The van der Waals surface area contributed by atoms with Crippen molar-refractivity contribution in [2.75, 3.05) is 28.4 Å². The largest absolute Gasteiger partial charge is 0.496 e. The molecule has 12 aromatic rings. The third-order valence-corrected chi connectivity index (χ3v) is 25.6. The molecule has 0 spiro atoms. The fourth-order valence-corrected chi connectivity index (χ4v) is 22.0. The van der Waals surface area contributed by atoms with Crippen molar-refractivity contribution in [2.45, 2.75) is 0 Å². The lowest BCUT2D eigenvalue weighted by Gasteiger charge is -2.29. The first-order valence-electron chi connectivity index (χ1n) is 28.3. The summed E-state index contributed by atoms with van der Waals surface area (Å²) in [5.74, 6) is 2.57. The van der Waals surface area contributed by atoms with Gasteiger partial charge in [0.2, 0.25) is 0 Å². The second kappa shape index (κ2) is 29.8. The third-order valence-electron chi connectivity index (χ3n) is 14.7.